The minimum atomic E-state index is 0.829. The van der Waals surface area contributed by atoms with E-state index in [0.717, 1.165) is 34.7 Å². The number of halogens is 1. The van der Waals surface area contributed by atoms with E-state index in [4.69, 9.17) is 4.42 Å². The highest BCUT2D eigenvalue weighted by Gasteiger charge is 2.05. The summed E-state index contributed by atoms with van der Waals surface area (Å²) in [4.78, 5) is 4.37. The molecule has 2 nitrogen and oxygen atoms in total. The summed E-state index contributed by atoms with van der Waals surface area (Å²) in [5.41, 5.74) is 2.28. The number of aryl methyl sites for hydroxylation is 4. The van der Waals surface area contributed by atoms with Crippen LogP contribution >= 0.6 is 15.9 Å². The van der Waals surface area contributed by atoms with Crippen molar-refractivity contribution in [2.75, 3.05) is 0 Å². The maximum Gasteiger partial charge on any atom is 0.194 e. The molecule has 0 aliphatic rings. The van der Waals surface area contributed by atoms with E-state index in [0.29, 0.717) is 0 Å². The van der Waals surface area contributed by atoms with Gasteiger partial charge in [-0.15, -0.1) is 0 Å². The Morgan fingerprint density at radius 2 is 2.06 bits per heavy atom. The van der Waals surface area contributed by atoms with Gasteiger partial charge in [0.15, 0.2) is 5.89 Å². The van der Waals surface area contributed by atoms with Gasteiger partial charge in [-0.1, -0.05) is 28.1 Å². The maximum absolute atomic E-state index is 5.54. The highest BCUT2D eigenvalue weighted by atomic mass is 79.9. The number of hydrogen-bond acceptors (Lipinski definition) is 2. The second-order valence-electron chi connectivity index (χ2n) is 3.88. The molecule has 0 saturated heterocycles. The average molecular weight is 280 g/mol. The SMILES string of the molecule is Cc1nc(CCc2cccc(Br)c2)oc1C. The first kappa shape index (κ1) is 11.4. The van der Waals surface area contributed by atoms with Crippen molar-refractivity contribution in [2.24, 2.45) is 0 Å². The van der Waals surface area contributed by atoms with Crippen molar-refractivity contribution in [3.63, 3.8) is 0 Å². The van der Waals surface area contributed by atoms with Gasteiger partial charge in [-0.3, -0.25) is 0 Å². The first-order valence-corrected chi connectivity index (χ1v) is 6.12. The van der Waals surface area contributed by atoms with Gasteiger partial charge in [-0.05, 0) is 38.0 Å². The van der Waals surface area contributed by atoms with E-state index >= 15 is 0 Å². The number of hydrogen-bond donors (Lipinski definition) is 0. The lowest BCUT2D eigenvalue weighted by molar-refractivity contribution is 0.470. The Labute approximate surface area is 104 Å². The van der Waals surface area contributed by atoms with Crippen LogP contribution in [0.25, 0.3) is 0 Å². The summed E-state index contributed by atoms with van der Waals surface area (Å²) in [7, 11) is 0. The fourth-order valence-electron chi connectivity index (χ4n) is 1.59. The van der Waals surface area contributed by atoms with Gasteiger partial charge in [0.2, 0.25) is 0 Å². The van der Waals surface area contributed by atoms with E-state index in [9.17, 15) is 0 Å². The smallest absolute Gasteiger partial charge is 0.194 e. The van der Waals surface area contributed by atoms with Crippen molar-refractivity contribution >= 4 is 15.9 Å². The molecule has 0 N–H and O–H groups in total. The fourth-order valence-corrected chi connectivity index (χ4v) is 2.04. The van der Waals surface area contributed by atoms with Crippen molar-refractivity contribution in [2.45, 2.75) is 26.7 Å². The Kier molecular flexibility index (Phi) is 3.44. The summed E-state index contributed by atoms with van der Waals surface area (Å²) in [6, 6.07) is 8.32. The van der Waals surface area contributed by atoms with Crippen LogP contribution in [0.4, 0.5) is 0 Å². The molecule has 0 aliphatic heterocycles. The van der Waals surface area contributed by atoms with Gasteiger partial charge < -0.3 is 4.42 Å². The summed E-state index contributed by atoms with van der Waals surface area (Å²) >= 11 is 3.47. The molecule has 0 spiro atoms. The van der Waals surface area contributed by atoms with Gasteiger partial charge in [0.05, 0.1) is 5.69 Å². The van der Waals surface area contributed by atoms with E-state index in [1.54, 1.807) is 0 Å². The van der Waals surface area contributed by atoms with Gasteiger partial charge in [-0.2, -0.15) is 0 Å². The molecule has 2 rings (SSSR count). The zero-order chi connectivity index (χ0) is 11.5. The third-order valence-electron chi connectivity index (χ3n) is 2.59. The Morgan fingerprint density at radius 1 is 1.25 bits per heavy atom. The number of oxazole rings is 1. The topological polar surface area (TPSA) is 26.0 Å². The minimum absolute atomic E-state index is 0.829. The molecule has 0 fully saturated rings. The number of rotatable bonds is 3. The van der Waals surface area contributed by atoms with Crippen LogP contribution in [0.15, 0.2) is 33.2 Å². The van der Waals surface area contributed by atoms with E-state index < -0.39 is 0 Å². The van der Waals surface area contributed by atoms with Gasteiger partial charge >= 0.3 is 0 Å². The summed E-state index contributed by atoms with van der Waals surface area (Å²) in [5, 5.41) is 0. The van der Waals surface area contributed by atoms with Crippen molar-refractivity contribution in [1.82, 2.24) is 4.98 Å². The van der Waals surface area contributed by atoms with Crippen molar-refractivity contribution in [1.29, 1.82) is 0 Å². The van der Waals surface area contributed by atoms with E-state index in [-0.39, 0.29) is 0 Å². The fraction of sp³-hybridized carbons (Fsp3) is 0.308. The van der Waals surface area contributed by atoms with Gasteiger partial charge in [0, 0.05) is 10.9 Å². The molecular weight excluding hydrogens is 266 g/mol. The molecule has 1 aromatic carbocycles. The molecule has 1 heterocycles. The first-order chi connectivity index (χ1) is 7.65. The number of nitrogens with zero attached hydrogens (tertiary/aromatic N) is 1. The van der Waals surface area contributed by atoms with Crippen molar-refractivity contribution in [3.05, 3.63) is 51.6 Å². The molecular formula is C13H14BrNO. The molecule has 1 aromatic heterocycles. The molecule has 0 atom stereocenters. The largest absolute Gasteiger partial charge is 0.446 e. The third kappa shape index (κ3) is 2.73. The lowest BCUT2D eigenvalue weighted by atomic mass is 10.1. The molecule has 0 aliphatic carbocycles. The molecule has 3 heteroatoms. The van der Waals surface area contributed by atoms with E-state index in [2.05, 4.69) is 33.0 Å². The van der Waals surface area contributed by atoms with Crippen LogP contribution in [0.2, 0.25) is 0 Å². The van der Waals surface area contributed by atoms with Crippen LogP contribution in [-0.2, 0) is 12.8 Å². The van der Waals surface area contributed by atoms with Gasteiger partial charge in [0.1, 0.15) is 5.76 Å². The van der Waals surface area contributed by atoms with Gasteiger partial charge in [-0.25, -0.2) is 4.98 Å². The highest BCUT2D eigenvalue weighted by molar-refractivity contribution is 9.10. The molecule has 0 radical (unpaired) electrons. The highest BCUT2D eigenvalue weighted by Crippen LogP contribution is 2.15. The Balaban J connectivity index is 2.02. The second kappa shape index (κ2) is 4.83. The zero-order valence-corrected chi connectivity index (χ0v) is 11.0. The maximum atomic E-state index is 5.54. The minimum Gasteiger partial charge on any atom is -0.446 e. The Morgan fingerprint density at radius 3 is 2.69 bits per heavy atom. The standard InChI is InChI=1S/C13H14BrNO/c1-9-10(2)16-13(15-9)7-6-11-4-3-5-12(14)8-11/h3-5,8H,6-7H2,1-2H3. The van der Waals surface area contributed by atoms with Crippen molar-refractivity contribution in [3.8, 4) is 0 Å². The molecule has 84 valence electrons. The van der Waals surface area contributed by atoms with Crippen LogP contribution in [-0.4, -0.2) is 4.98 Å². The van der Waals surface area contributed by atoms with Crippen LogP contribution < -0.4 is 0 Å². The van der Waals surface area contributed by atoms with Crippen LogP contribution in [0.3, 0.4) is 0 Å². The number of aromatic nitrogens is 1. The second-order valence-corrected chi connectivity index (χ2v) is 4.79. The molecule has 2 aromatic rings. The van der Waals surface area contributed by atoms with Gasteiger partial charge in [0.25, 0.3) is 0 Å². The average Bonchev–Trinajstić information content (AvgIpc) is 2.56. The molecule has 0 bridgehead atoms. The predicted molar refractivity (Wildman–Crippen MR) is 67.5 cm³/mol. The van der Waals surface area contributed by atoms with Crippen LogP contribution in [0.1, 0.15) is 22.9 Å². The molecule has 0 amide bonds. The Hall–Kier alpha value is -1.09. The third-order valence-corrected chi connectivity index (χ3v) is 3.08. The lowest BCUT2D eigenvalue weighted by Crippen LogP contribution is -1.91. The quantitative estimate of drug-likeness (QED) is 0.853. The summed E-state index contributed by atoms with van der Waals surface area (Å²) in [5.74, 6) is 1.75. The summed E-state index contributed by atoms with van der Waals surface area (Å²) in [6.07, 6.45) is 1.81. The van der Waals surface area contributed by atoms with Crippen LogP contribution in [0, 0.1) is 13.8 Å². The molecule has 16 heavy (non-hydrogen) atoms. The lowest BCUT2D eigenvalue weighted by Gasteiger charge is -1.99. The molecule has 0 unspecified atom stereocenters. The zero-order valence-electron chi connectivity index (χ0n) is 9.46. The van der Waals surface area contributed by atoms with E-state index in [1.165, 1.54) is 5.56 Å². The normalized spacial score (nSPS) is 10.7. The monoisotopic (exact) mass is 279 g/mol. The van der Waals surface area contributed by atoms with Crippen molar-refractivity contribution < 1.29 is 4.42 Å². The first-order valence-electron chi connectivity index (χ1n) is 5.32. The predicted octanol–water partition coefficient (Wildman–Crippen LogP) is 3.84. The summed E-state index contributed by atoms with van der Waals surface area (Å²) < 4.78 is 6.66. The Bertz CT molecular complexity index is 471. The van der Waals surface area contributed by atoms with E-state index in [1.807, 2.05) is 26.0 Å². The van der Waals surface area contributed by atoms with Crippen LogP contribution in [0.5, 0.6) is 0 Å². The number of benzene rings is 1. The summed E-state index contributed by atoms with van der Waals surface area (Å²) in [6.45, 7) is 3.92. The molecule has 0 saturated carbocycles.